The molecule has 0 spiro atoms. The van der Waals surface area contributed by atoms with E-state index in [2.05, 4.69) is 10.6 Å². The van der Waals surface area contributed by atoms with Crippen molar-refractivity contribution in [2.45, 2.75) is 0 Å². The number of para-hydroxylation sites is 3. The lowest BCUT2D eigenvalue weighted by atomic mass is 10.1. The molecule has 0 saturated heterocycles. The highest BCUT2D eigenvalue weighted by Crippen LogP contribution is 2.22. The minimum absolute atomic E-state index is 0.0719. The molecule has 29 heavy (non-hydrogen) atoms. The zero-order chi connectivity index (χ0) is 20.6. The summed E-state index contributed by atoms with van der Waals surface area (Å²) in [5, 5.41) is 5.86. The Kier molecular flexibility index (Phi) is 6.47. The highest BCUT2D eigenvalue weighted by Gasteiger charge is 2.14. The molecule has 0 heterocycles. The fraction of sp³-hybridized carbons (Fsp3) is 0.130. The number of ether oxygens (including phenoxy) is 1. The van der Waals surface area contributed by atoms with Crippen LogP contribution in [0.5, 0.6) is 5.75 Å². The molecule has 2 amide bonds. The van der Waals surface area contributed by atoms with E-state index in [1.165, 1.54) is 0 Å². The first-order chi connectivity index (χ1) is 14.1. The number of hydrogen-bond acceptors (Lipinski definition) is 4. The van der Waals surface area contributed by atoms with Gasteiger partial charge in [0.15, 0.2) is 0 Å². The fourth-order valence-electron chi connectivity index (χ4n) is 2.86. The number of benzene rings is 3. The number of carbonyl (C=O) groups excluding carboxylic acids is 2. The number of amides is 2. The van der Waals surface area contributed by atoms with Gasteiger partial charge in [-0.25, -0.2) is 0 Å². The third-order valence-corrected chi connectivity index (χ3v) is 4.39. The van der Waals surface area contributed by atoms with Gasteiger partial charge in [0.25, 0.3) is 5.91 Å². The molecule has 3 aromatic carbocycles. The first-order valence-corrected chi connectivity index (χ1v) is 9.18. The van der Waals surface area contributed by atoms with Crippen molar-refractivity contribution in [2.24, 2.45) is 0 Å². The van der Waals surface area contributed by atoms with Crippen LogP contribution in [0.2, 0.25) is 0 Å². The molecule has 0 fully saturated rings. The second kappa shape index (κ2) is 9.41. The normalized spacial score (nSPS) is 10.1. The maximum absolute atomic E-state index is 12.8. The summed E-state index contributed by atoms with van der Waals surface area (Å²) >= 11 is 0. The lowest BCUT2D eigenvalue weighted by Crippen LogP contribution is -2.26. The highest BCUT2D eigenvalue weighted by atomic mass is 16.5. The van der Waals surface area contributed by atoms with E-state index < -0.39 is 0 Å². The van der Waals surface area contributed by atoms with Crippen LogP contribution in [0, 0.1) is 0 Å². The van der Waals surface area contributed by atoms with Crippen molar-refractivity contribution in [2.75, 3.05) is 36.2 Å². The van der Waals surface area contributed by atoms with Gasteiger partial charge >= 0.3 is 0 Å². The number of nitrogens with zero attached hydrogens (tertiary/aromatic N) is 1. The summed E-state index contributed by atoms with van der Waals surface area (Å²) in [7, 11) is 3.30. The van der Waals surface area contributed by atoms with Crippen LogP contribution in [0.15, 0.2) is 78.9 Å². The van der Waals surface area contributed by atoms with E-state index in [1.54, 1.807) is 43.3 Å². The van der Waals surface area contributed by atoms with E-state index in [0.29, 0.717) is 17.0 Å². The number of rotatable bonds is 7. The Labute approximate surface area is 170 Å². The number of hydrogen-bond donors (Lipinski definition) is 2. The molecule has 0 aliphatic heterocycles. The molecule has 0 aromatic heterocycles. The van der Waals surface area contributed by atoms with Crippen LogP contribution in [0.25, 0.3) is 0 Å². The summed E-state index contributed by atoms with van der Waals surface area (Å²) in [5.74, 6) is 0.285. The second-order valence-corrected chi connectivity index (χ2v) is 6.38. The zero-order valence-electron chi connectivity index (χ0n) is 16.4. The second-order valence-electron chi connectivity index (χ2n) is 6.38. The molecule has 6 heteroatoms. The molecule has 3 rings (SSSR count). The number of nitrogens with one attached hydrogen (secondary N) is 2. The van der Waals surface area contributed by atoms with Gasteiger partial charge in [-0.05, 0) is 42.5 Å². The third-order valence-electron chi connectivity index (χ3n) is 4.39. The van der Waals surface area contributed by atoms with Crippen molar-refractivity contribution in [1.82, 2.24) is 0 Å². The average Bonchev–Trinajstić information content (AvgIpc) is 2.77. The van der Waals surface area contributed by atoms with E-state index in [1.807, 2.05) is 54.6 Å². The molecule has 3 aromatic rings. The van der Waals surface area contributed by atoms with E-state index in [-0.39, 0.29) is 18.4 Å². The third kappa shape index (κ3) is 5.13. The summed E-state index contributed by atoms with van der Waals surface area (Å²) in [6.07, 6.45) is 0. The Morgan fingerprint density at radius 1 is 0.931 bits per heavy atom. The number of anilines is 3. The monoisotopic (exact) mass is 389 g/mol. The first kappa shape index (κ1) is 19.9. The molecule has 0 saturated carbocycles. The van der Waals surface area contributed by atoms with Gasteiger partial charge in [-0.1, -0.05) is 36.4 Å². The Balaban J connectivity index is 1.63. The number of methoxy groups -OCH3 is 1. The lowest BCUT2D eigenvalue weighted by molar-refractivity contribution is -0.114. The SMILES string of the molecule is COc1ccccc1NCC(=O)Nc1cccc(C(=O)N(C)c2ccccc2)c1. The topological polar surface area (TPSA) is 70.7 Å². The summed E-state index contributed by atoms with van der Waals surface area (Å²) in [5.41, 5.74) is 2.59. The van der Waals surface area contributed by atoms with Crippen LogP contribution in [0.3, 0.4) is 0 Å². The molecule has 6 nitrogen and oxygen atoms in total. The Morgan fingerprint density at radius 3 is 2.41 bits per heavy atom. The molecule has 0 unspecified atom stereocenters. The Bertz CT molecular complexity index is 989. The smallest absolute Gasteiger partial charge is 0.258 e. The Hall–Kier alpha value is -3.80. The van der Waals surface area contributed by atoms with E-state index in [9.17, 15) is 9.59 Å². The van der Waals surface area contributed by atoms with Crippen molar-refractivity contribution < 1.29 is 14.3 Å². The molecule has 0 radical (unpaired) electrons. The van der Waals surface area contributed by atoms with Gasteiger partial charge < -0.3 is 20.3 Å². The molecular formula is C23H23N3O3. The largest absolute Gasteiger partial charge is 0.495 e. The van der Waals surface area contributed by atoms with Gasteiger partial charge in [-0.15, -0.1) is 0 Å². The van der Waals surface area contributed by atoms with Gasteiger partial charge in [0.2, 0.25) is 5.91 Å². The quantitative estimate of drug-likeness (QED) is 0.640. The fourth-order valence-corrected chi connectivity index (χ4v) is 2.86. The summed E-state index contributed by atoms with van der Waals surface area (Å²) in [6, 6.07) is 23.7. The van der Waals surface area contributed by atoms with Crippen molar-refractivity contribution in [3.05, 3.63) is 84.4 Å². The predicted octanol–water partition coefficient (Wildman–Crippen LogP) is 4.02. The van der Waals surface area contributed by atoms with Crippen molar-refractivity contribution in [3.8, 4) is 5.75 Å². The maximum Gasteiger partial charge on any atom is 0.258 e. The molecular weight excluding hydrogens is 366 g/mol. The van der Waals surface area contributed by atoms with Gasteiger partial charge in [0.05, 0.1) is 19.3 Å². The van der Waals surface area contributed by atoms with Crippen LogP contribution in [0.4, 0.5) is 17.1 Å². The molecule has 148 valence electrons. The van der Waals surface area contributed by atoms with Crippen molar-refractivity contribution in [3.63, 3.8) is 0 Å². The summed E-state index contributed by atoms with van der Waals surface area (Å²) < 4.78 is 5.26. The highest BCUT2D eigenvalue weighted by molar-refractivity contribution is 6.06. The van der Waals surface area contributed by atoms with Crippen LogP contribution < -0.4 is 20.3 Å². The van der Waals surface area contributed by atoms with Gasteiger partial charge in [-0.3, -0.25) is 9.59 Å². The van der Waals surface area contributed by atoms with Crippen molar-refractivity contribution in [1.29, 1.82) is 0 Å². The van der Waals surface area contributed by atoms with Crippen molar-refractivity contribution >= 4 is 28.9 Å². The first-order valence-electron chi connectivity index (χ1n) is 9.18. The van der Waals surface area contributed by atoms with Crippen LogP contribution in [-0.2, 0) is 4.79 Å². The lowest BCUT2D eigenvalue weighted by Gasteiger charge is -2.18. The molecule has 0 aliphatic carbocycles. The van der Waals surface area contributed by atoms with Crippen LogP contribution >= 0.6 is 0 Å². The predicted molar refractivity (Wildman–Crippen MR) is 116 cm³/mol. The molecule has 2 N–H and O–H groups in total. The van der Waals surface area contributed by atoms with E-state index in [0.717, 1.165) is 11.4 Å². The molecule has 0 bridgehead atoms. The Morgan fingerprint density at radius 2 is 1.66 bits per heavy atom. The minimum Gasteiger partial charge on any atom is -0.495 e. The summed E-state index contributed by atoms with van der Waals surface area (Å²) in [6.45, 7) is 0.0719. The maximum atomic E-state index is 12.8. The average molecular weight is 389 g/mol. The van der Waals surface area contributed by atoms with E-state index in [4.69, 9.17) is 4.74 Å². The van der Waals surface area contributed by atoms with Gasteiger partial charge in [-0.2, -0.15) is 0 Å². The van der Waals surface area contributed by atoms with Gasteiger partial charge in [0, 0.05) is 24.0 Å². The van der Waals surface area contributed by atoms with E-state index >= 15 is 0 Å². The van der Waals surface area contributed by atoms with Crippen LogP contribution in [-0.4, -0.2) is 32.5 Å². The summed E-state index contributed by atoms with van der Waals surface area (Å²) in [4.78, 5) is 26.6. The number of carbonyl (C=O) groups is 2. The molecule has 0 atom stereocenters. The standard InChI is InChI=1S/C23H23N3O3/c1-26(19-11-4-3-5-12-19)23(28)17-9-8-10-18(15-17)25-22(27)16-24-20-13-6-7-14-21(20)29-2/h3-15,24H,16H2,1-2H3,(H,25,27). The minimum atomic E-state index is -0.225. The van der Waals surface area contributed by atoms with Crippen LogP contribution in [0.1, 0.15) is 10.4 Å². The van der Waals surface area contributed by atoms with Gasteiger partial charge in [0.1, 0.15) is 5.75 Å². The molecule has 0 aliphatic rings. The zero-order valence-corrected chi connectivity index (χ0v) is 16.4.